The SMILES string of the molecule is CC(C)CC(CNS(=O)(=O)c1cc(Cl)cnc1N)C(=O)O. The summed E-state index contributed by atoms with van der Waals surface area (Å²) in [4.78, 5) is 14.5. The van der Waals surface area contributed by atoms with Crippen LogP contribution in [0.3, 0.4) is 0 Å². The first-order chi connectivity index (χ1) is 9.63. The fraction of sp³-hybridized carbons (Fsp3) is 0.500. The van der Waals surface area contributed by atoms with Gasteiger partial charge < -0.3 is 10.8 Å². The molecule has 1 aromatic rings. The molecule has 118 valence electrons. The zero-order valence-corrected chi connectivity index (χ0v) is 13.3. The average molecular weight is 336 g/mol. The molecule has 0 aliphatic rings. The van der Waals surface area contributed by atoms with E-state index in [4.69, 9.17) is 22.4 Å². The maximum atomic E-state index is 12.1. The number of hydrogen-bond acceptors (Lipinski definition) is 5. The second-order valence-electron chi connectivity index (χ2n) is 5.05. The molecule has 0 saturated carbocycles. The quantitative estimate of drug-likeness (QED) is 0.691. The molecule has 21 heavy (non-hydrogen) atoms. The van der Waals surface area contributed by atoms with E-state index in [0.717, 1.165) is 0 Å². The Balaban J connectivity index is 2.89. The second kappa shape index (κ2) is 7.06. The predicted molar refractivity (Wildman–Crippen MR) is 79.4 cm³/mol. The molecule has 1 atom stereocenters. The number of sulfonamides is 1. The number of carbonyl (C=O) groups is 1. The Morgan fingerprint density at radius 2 is 2.14 bits per heavy atom. The molecule has 1 aromatic heterocycles. The van der Waals surface area contributed by atoms with Crippen LogP contribution < -0.4 is 10.5 Å². The number of rotatable bonds is 7. The van der Waals surface area contributed by atoms with Crippen molar-refractivity contribution in [1.82, 2.24) is 9.71 Å². The van der Waals surface area contributed by atoms with Gasteiger partial charge in [-0.3, -0.25) is 4.79 Å². The third-order valence-corrected chi connectivity index (χ3v) is 4.42. The minimum atomic E-state index is -3.96. The van der Waals surface area contributed by atoms with Gasteiger partial charge in [-0.2, -0.15) is 0 Å². The largest absolute Gasteiger partial charge is 0.481 e. The molecular formula is C12H18ClN3O4S. The lowest BCUT2D eigenvalue weighted by Crippen LogP contribution is -2.34. The van der Waals surface area contributed by atoms with Crippen LogP contribution in [0.1, 0.15) is 20.3 Å². The van der Waals surface area contributed by atoms with Crippen molar-refractivity contribution in [2.75, 3.05) is 12.3 Å². The Morgan fingerprint density at radius 1 is 1.52 bits per heavy atom. The van der Waals surface area contributed by atoms with Crippen molar-refractivity contribution in [2.45, 2.75) is 25.2 Å². The highest BCUT2D eigenvalue weighted by atomic mass is 35.5. The summed E-state index contributed by atoms with van der Waals surface area (Å²) in [5.41, 5.74) is 5.52. The lowest BCUT2D eigenvalue weighted by molar-refractivity contribution is -0.142. The minimum Gasteiger partial charge on any atom is -0.481 e. The number of pyridine rings is 1. The molecule has 0 bridgehead atoms. The van der Waals surface area contributed by atoms with Gasteiger partial charge in [0.25, 0.3) is 0 Å². The Kier molecular flexibility index (Phi) is 5.94. The first kappa shape index (κ1) is 17.7. The van der Waals surface area contributed by atoms with Crippen LogP contribution in [-0.2, 0) is 14.8 Å². The van der Waals surface area contributed by atoms with E-state index in [2.05, 4.69) is 9.71 Å². The number of aromatic nitrogens is 1. The van der Waals surface area contributed by atoms with Gasteiger partial charge in [-0.05, 0) is 18.4 Å². The summed E-state index contributed by atoms with van der Waals surface area (Å²) in [5, 5.41) is 9.22. The molecule has 1 heterocycles. The zero-order valence-electron chi connectivity index (χ0n) is 11.7. The molecular weight excluding hydrogens is 318 g/mol. The van der Waals surface area contributed by atoms with Crippen molar-refractivity contribution in [3.8, 4) is 0 Å². The molecule has 0 fully saturated rings. The van der Waals surface area contributed by atoms with Crippen molar-refractivity contribution in [2.24, 2.45) is 11.8 Å². The standard InChI is InChI=1S/C12H18ClN3O4S/c1-7(2)3-8(12(17)18)5-16-21(19,20)10-4-9(13)6-15-11(10)14/h4,6-8,16H,3,5H2,1-2H3,(H2,14,15)(H,17,18). The topological polar surface area (TPSA) is 122 Å². The fourth-order valence-electron chi connectivity index (χ4n) is 1.78. The number of nitrogens with zero attached hydrogens (tertiary/aromatic N) is 1. The number of halogens is 1. The molecule has 0 amide bonds. The van der Waals surface area contributed by atoms with Crippen LogP contribution in [0.15, 0.2) is 17.2 Å². The highest BCUT2D eigenvalue weighted by Crippen LogP contribution is 2.20. The number of carboxylic acids is 1. The van der Waals surface area contributed by atoms with Crippen molar-refractivity contribution in [3.63, 3.8) is 0 Å². The number of hydrogen-bond donors (Lipinski definition) is 3. The van der Waals surface area contributed by atoms with E-state index in [-0.39, 0.29) is 28.2 Å². The van der Waals surface area contributed by atoms with Gasteiger partial charge >= 0.3 is 5.97 Å². The molecule has 7 nitrogen and oxygen atoms in total. The first-order valence-electron chi connectivity index (χ1n) is 6.27. The summed E-state index contributed by atoms with van der Waals surface area (Å²) in [6.45, 7) is 3.51. The van der Waals surface area contributed by atoms with E-state index >= 15 is 0 Å². The van der Waals surface area contributed by atoms with Gasteiger partial charge in [0.1, 0.15) is 10.7 Å². The Bertz CT molecular complexity index is 619. The molecule has 0 saturated heterocycles. The zero-order chi connectivity index (χ0) is 16.2. The number of anilines is 1. The van der Waals surface area contributed by atoms with E-state index in [1.807, 2.05) is 13.8 Å². The van der Waals surface area contributed by atoms with Crippen LogP contribution in [0.5, 0.6) is 0 Å². The summed E-state index contributed by atoms with van der Waals surface area (Å²) < 4.78 is 26.5. The van der Waals surface area contributed by atoms with E-state index in [9.17, 15) is 13.2 Å². The van der Waals surface area contributed by atoms with Gasteiger partial charge in [0.15, 0.2) is 0 Å². The van der Waals surface area contributed by atoms with Gasteiger partial charge in [0.2, 0.25) is 10.0 Å². The number of aliphatic carboxylic acids is 1. The Morgan fingerprint density at radius 3 is 2.67 bits per heavy atom. The summed E-state index contributed by atoms with van der Waals surface area (Å²) >= 11 is 5.70. The summed E-state index contributed by atoms with van der Waals surface area (Å²) in [6.07, 6.45) is 1.59. The normalized spacial score (nSPS) is 13.3. The molecule has 0 aromatic carbocycles. The van der Waals surface area contributed by atoms with Crippen LogP contribution in [0.4, 0.5) is 5.82 Å². The average Bonchev–Trinajstić information content (AvgIpc) is 2.36. The van der Waals surface area contributed by atoms with E-state index in [0.29, 0.717) is 6.42 Å². The van der Waals surface area contributed by atoms with Gasteiger partial charge in [-0.1, -0.05) is 25.4 Å². The third-order valence-electron chi connectivity index (χ3n) is 2.76. The number of carboxylic acid groups (broad SMARTS) is 1. The molecule has 1 unspecified atom stereocenters. The Hall–Kier alpha value is -1.38. The van der Waals surface area contributed by atoms with Gasteiger partial charge in [-0.25, -0.2) is 18.1 Å². The molecule has 1 rings (SSSR count). The van der Waals surface area contributed by atoms with E-state index < -0.39 is 21.9 Å². The van der Waals surface area contributed by atoms with Crippen LogP contribution >= 0.6 is 11.6 Å². The third kappa shape index (κ3) is 5.14. The van der Waals surface area contributed by atoms with Crippen LogP contribution in [0.2, 0.25) is 5.02 Å². The highest BCUT2D eigenvalue weighted by Gasteiger charge is 2.24. The minimum absolute atomic E-state index is 0.126. The van der Waals surface area contributed by atoms with Crippen LogP contribution in [0, 0.1) is 11.8 Å². The van der Waals surface area contributed by atoms with E-state index in [1.165, 1.54) is 12.3 Å². The lowest BCUT2D eigenvalue weighted by Gasteiger charge is -2.16. The Labute approximate surface area is 128 Å². The fourth-order valence-corrected chi connectivity index (χ4v) is 3.18. The molecule has 9 heteroatoms. The van der Waals surface area contributed by atoms with Gasteiger partial charge in [-0.15, -0.1) is 0 Å². The van der Waals surface area contributed by atoms with Crippen molar-refractivity contribution >= 4 is 33.4 Å². The van der Waals surface area contributed by atoms with Crippen molar-refractivity contribution in [3.05, 3.63) is 17.3 Å². The molecule has 0 radical (unpaired) electrons. The predicted octanol–water partition coefficient (Wildman–Crippen LogP) is 1.34. The van der Waals surface area contributed by atoms with Gasteiger partial charge in [0.05, 0.1) is 10.9 Å². The van der Waals surface area contributed by atoms with Gasteiger partial charge in [0, 0.05) is 12.7 Å². The lowest BCUT2D eigenvalue weighted by atomic mass is 9.98. The van der Waals surface area contributed by atoms with Crippen molar-refractivity contribution in [1.29, 1.82) is 0 Å². The number of nitrogens with one attached hydrogen (secondary N) is 1. The van der Waals surface area contributed by atoms with Crippen LogP contribution in [0.25, 0.3) is 0 Å². The monoisotopic (exact) mass is 335 g/mol. The molecule has 0 aliphatic carbocycles. The second-order valence-corrected chi connectivity index (χ2v) is 7.23. The molecule has 0 aliphatic heterocycles. The maximum Gasteiger partial charge on any atom is 0.307 e. The smallest absolute Gasteiger partial charge is 0.307 e. The van der Waals surface area contributed by atoms with Crippen molar-refractivity contribution < 1.29 is 18.3 Å². The first-order valence-corrected chi connectivity index (χ1v) is 8.13. The number of nitrogens with two attached hydrogens (primary N) is 1. The number of nitrogen functional groups attached to an aromatic ring is 1. The summed E-state index contributed by atoms with van der Waals surface area (Å²) in [6, 6.07) is 1.17. The van der Waals surface area contributed by atoms with E-state index in [1.54, 1.807) is 0 Å². The summed E-state index contributed by atoms with van der Waals surface area (Å²) in [7, 11) is -3.96. The molecule has 0 spiro atoms. The maximum absolute atomic E-state index is 12.1. The van der Waals surface area contributed by atoms with Crippen LogP contribution in [-0.4, -0.2) is 31.0 Å². The summed E-state index contributed by atoms with van der Waals surface area (Å²) in [5.74, 6) is -1.92. The molecule has 4 N–H and O–H groups in total. The highest BCUT2D eigenvalue weighted by molar-refractivity contribution is 7.89.